The van der Waals surface area contributed by atoms with Gasteiger partial charge in [0.2, 0.25) is 5.91 Å². The van der Waals surface area contributed by atoms with Crippen molar-refractivity contribution in [2.75, 3.05) is 32.7 Å². The molecule has 132 valence electrons. The van der Waals surface area contributed by atoms with E-state index in [4.69, 9.17) is 10.5 Å². The summed E-state index contributed by atoms with van der Waals surface area (Å²) in [4.78, 5) is 24.5. The zero-order chi connectivity index (χ0) is 17.4. The fourth-order valence-electron chi connectivity index (χ4n) is 2.80. The fourth-order valence-corrected chi connectivity index (χ4v) is 2.80. The molecule has 2 atom stereocenters. The topological polar surface area (TPSA) is 105 Å². The van der Waals surface area contributed by atoms with Crippen molar-refractivity contribution in [3.63, 3.8) is 0 Å². The number of primary amides is 1. The van der Waals surface area contributed by atoms with Gasteiger partial charge in [0.15, 0.2) is 0 Å². The summed E-state index contributed by atoms with van der Waals surface area (Å²) >= 11 is 0. The number of aliphatic hydroxyl groups is 1. The van der Waals surface area contributed by atoms with Gasteiger partial charge >= 0.3 is 5.97 Å². The monoisotopic (exact) mass is 335 g/mol. The maximum Gasteiger partial charge on any atom is 0.320 e. The second-order valence-electron chi connectivity index (χ2n) is 6.09. The Morgan fingerprint density at radius 3 is 2.75 bits per heavy atom. The number of carbonyl (C=O) groups excluding carboxylic acids is 2. The lowest BCUT2D eigenvalue weighted by Gasteiger charge is -2.35. The van der Waals surface area contributed by atoms with E-state index < -0.39 is 6.10 Å². The van der Waals surface area contributed by atoms with Crippen molar-refractivity contribution >= 4 is 11.9 Å². The quantitative estimate of drug-likeness (QED) is 0.553. The molecule has 4 N–H and O–H groups in total. The number of esters is 1. The molecular weight excluding hydrogens is 310 g/mol. The van der Waals surface area contributed by atoms with Gasteiger partial charge in [0.25, 0.3) is 0 Å². The number of likely N-dealkylation sites (tertiary alicyclic amines) is 1. The first-order chi connectivity index (χ1) is 11.5. The van der Waals surface area contributed by atoms with Crippen molar-refractivity contribution < 1.29 is 19.4 Å². The molecule has 2 rings (SSSR count). The molecule has 0 aromatic heterocycles. The molecule has 1 saturated heterocycles. The Hall–Kier alpha value is -1.96. The molecule has 1 heterocycles. The Bertz CT molecular complexity index is 538. The fraction of sp³-hybridized carbons (Fsp3) is 0.529. The Kier molecular flexibility index (Phi) is 7.17. The number of β-amino-alcohol motifs (C(OH)–C–C–N with tert-alkyl or cyclic N) is 1. The zero-order valence-corrected chi connectivity index (χ0v) is 13.7. The van der Waals surface area contributed by atoms with Crippen LogP contribution in [0.4, 0.5) is 0 Å². The predicted octanol–water partition coefficient (Wildman–Crippen LogP) is -0.512. The summed E-state index contributed by atoms with van der Waals surface area (Å²) in [5.74, 6) is -0.657. The Morgan fingerprint density at radius 2 is 2.08 bits per heavy atom. The van der Waals surface area contributed by atoms with Crippen molar-refractivity contribution in [1.82, 2.24) is 10.2 Å². The lowest BCUT2D eigenvalue weighted by molar-refractivity contribution is -0.144. The van der Waals surface area contributed by atoms with Crippen molar-refractivity contribution in [2.24, 2.45) is 11.7 Å². The molecule has 7 heteroatoms. The van der Waals surface area contributed by atoms with Gasteiger partial charge in [0.05, 0.1) is 19.2 Å². The predicted molar refractivity (Wildman–Crippen MR) is 88.9 cm³/mol. The van der Waals surface area contributed by atoms with E-state index in [-0.39, 0.29) is 37.5 Å². The average molecular weight is 335 g/mol. The van der Waals surface area contributed by atoms with E-state index in [2.05, 4.69) is 5.32 Å². The molecule has 24 heavy (non-hydrogen) atoms. The van der Waals surface area contributed by atoms with Gasteiger partial charge in [-0.3, -0.25) is 14.5 Å². The summed E-state index contributed by atoms with van der Waals surface area (Å²) in [7, 11) is 0. The molecule has 7 nitrogen and oxygen atoms in total. The van der Waals surface area contributed by atoms with Crippen molar-refractivity contribution in [1.29, 1.82) is 0 Å². The van der Waals surface area contributed by atoms with E-state index in [1.807, 2.05) is 35.2 Å². The number of ether oxygens (including phenoxy) is 1. The molecule has 0 spiro atoms. The first kappa shape index (κ1) is 18.4. The van der Waals surface area contributed by atoms with Crippen molar-refractivity contribution in [3.8, 4) is 0 Å². The van der Waals surface area contributed by atoms with E-state index in [0.717, 1.165) is 12.0 Å². The second-order valence-corrected chi connectivity index (χ2v) is 6.09. The molecule has 1 aromatic rings. The lowest BCUT2D eigenvalue weighted by atomic mass is 9.94. The van der Waals surface area contributed by atoms with E-state index in [1.54, 1.807) is 0 Å². The first-order valence-corrected chi connectivity index (χ1v) is 8.13. The summed E-state index contributed by atoms with van der Waals surface area (Å²) in [6, 6.07) is 9.50. The number of carbonyl (C=O) groups is 2. The molecule has 0 radical (unpaired) electrons. The van der Waals surface area contributed by atoms with Crippen LogP contribution >= 0.6 is 0 Å². The van der Waals surface area contributed by atoms with E-state index in [9.17, 15) is 14.7 Å². The summed E-state index contributed by atoms with van der Waals surface area (Å²) < 4.78 is 5.18. The molecule has 1 aromatic carbocycles. The number of aliphatic hydroxyl groups excluding tert-OH is 1. The minimum Gasteiger partial charge on any atom is -0.460 e. The number of nitrogens with one attached hydrogen (secondary N) is 1. The Balaban J connectivity index is 1.61. The van der Waals surface area contributed by atoms with Crippen LogP contribution in [0.15, 0.2) is 30.3 Å². The third-order valence-corrected chi connectivity index (χ3v) is 4.10. The normalized spacial score (nSPS) is 21.4. The summed E-state index contributed by atoms with van der Waals surface area (Å²) in [6.45, 7) is 2.21. The highest BCUT2D eigenvalue weighted by Crippen LogP contribution is 2.16. The number of hydrogen-bond donors (Lipinski definition) is 3. The van der Waals surface area contributed by atoms with Crippen LogP contribution in [-0.4, -0.2) is 60.7 Å². The van der Waals surface area contributed by atoms with Crippen LogP contribution in [0.2, 0.25) is 0 Å². The van der Waals surface area contributed by atoms with Crippen LogP contribution in [0.5, 0.6) is 0 Å². The minimum absolute atomic E-state index is 0.0519. The van der Waals surface area contributed by atoms with Gasteiger partial charge in [-0.05, 0) is 24.4 Å². The Morgan fingerprint density at radius 1 is 1.33 bits per heavy atom. The van der Waals surface area contributed by atoms with Crippen LogP contribution < -0.4 is 11.1 Å². The third-order valence-electron chi connectivity index (χ3n) is 4.10. The standard InChI is InChI=1S/C17H25N3O4/c18-16(22)11-20-7-6-14(15(21)10-20)8-19-9-17(23)24-12-13-4-2-1-3-5-13/h1-5,14-15,19,21H,6-12H2,(H2,18,22)/t14-,15+/m0/s1. The number of benzene rings is 1. The number of amides is 1. The van der Waals surface area contributed by atoms with E-state index in [0.29, 0.717) is 19.6 Å². The van der Waals surface area contributed by atoms with Crippen molar-refractivity contribution in [2.45, 2.75) is 19.1 Å². The largest absolute Gasteiger partial charge is 0.460 e. The molecule has 1 aliphatic heterocycles. The third kappa shape index (κ3) is 6.27. The highest BCUT2D eigenvalue weighted by Gasteiger charge is 2.28. The SMILES string of the molecule is NC(=O)CN1CC[C@@H](CNCC(=O)OCc2ccccc2)[C@H](O)C1. The first-order valence-electron chi connectivity index (χ1n) is 8.13. The number of rotatable bonds is 8. The van der Waals surface area contributed by atoms with Gasteiger partial charge in [-0.2, -0.15) is 0 Å². The smallest absolute Gasteiger partial charge is 0.320 e. The molecule has 0 unspecified atom stereocenters. The van der Waals surface area contributed by atoms with Gasteiger partial charge in [0.1, 0.15) is 6.61 Å². The van der Waals surface area contributed by atoms with Crippen molar-refractivity contribution in [3.05, 3.63) is 35.9 Å². The molecule has 1 fully saturated rings. The number of nitrogens with two attached hydrogens (primary N) is 1. The van der Waals surface area contributed by atoms with Crippen LogP contribution in [0.1, 0.15) is 12.0 Å². The maximum absolute atomic E-state index is 11.7. The Labute approximate surface area is 141 Å². The van der Waals surface area contributed by atoms with Gasteiger partial charge in [0, 0.05) is 13.1 Å². The van der Waals surface area contributed by atoms with Gasteiger partial charge < -0.3 is 20.9 Å². The van der Waals surface area contributed by atoms with Crippen LogP contribution in [0.25, 0.3) is 0 Å². The van der Waals surface area contributed by atoms with E-state index in [1.165, 1.54) is 0 Å². The van der Waals surface area contributed by atoms with Crippen LogP contribution in [0.3, 0.4) is 0 Å². The number of piperidine rings is 1. The molecule has 0 saturated carbocycles. The minimum atomic E-state index is -0.536. The molecule has 0 bridgehead atoms. The molecule has 0 aliphatic carbocycles. The maximum atomic E-state index is 11.7. The average Bonchev–Trinajstić information content (AvgIpc) is 2.55. The van der Waals surface area contributed by atoms with E-state index >= 15 is 0 Å². The highest BCUT2D eigenvalue weighted by molar-refractivity contribution is 5.75. The number of hydrogen-bond acceptors (Lipinski definition) is 6. The van der Waals surface area contributed by atoms with Crippen LogP contribution in [0, 0.1) is 5.92 Å². The van der Waals surface area contributed by atoms with Gasteiger partial charge in [-0.15, -0.1) is 0 Å². The second kappa shape index (κ2) is 9.36. The summed E-state index contributed by atoms with van der Waals surface area (Å²) in [5, 5.41) is 13.2. The molecule has 1 amide bonds. The highest BCUT2D eigenvalue weighted by atomic mass is 16.5. The van der Waals surface area contributed by atoms with Gasteiger partial charge in [-0.1, -0.05) is 30.3 Å². The number of nitrogens with zero attached hydrogens (tertiary/aromatic N) is 1. The summed E-state index contributed by atoms with van der Waals surface area (Å²) in [5.41, 5.74) is 6.11. The molecular formula is C17H25N3O4. The zero-order valence-electron chi connectivity index (χ0n) is 13.7. The van der Waals surface area contributed by atoms with Crippen LogP contribution in [-0.2, 0) is 20.9 Å². The van der Waals surface area contributed by atoms with Gasteiger partial charge in [-0.25, -0.2) is 0 Å². The lowest BCUT2D eigenvalue weighted by Crippen LogP contribution is -2.49. The molecule has 1 aliphatic rings. The summed E-state index contributed by atoms with van der Waals surface area (Å²) in [6.07, 6.45) is 0.214.